The molecule has 37 heavy (non-hydrogen) atoms. The van der Waals surface area contributed by atoms with E-state index in [2.05, 4.69) is 23.1 Å². The lowest BCUT2D eigenvalue weighted by atomic mass is 9.95. The number of aryl methyl sites for hydroxylation is 1. The standard InChI is InChI=1S/C28H39N3O4.2ClH/c1-33-26-12-10-23(21-27(26)35-19-13-29)28(32)31-15-5-18-34-25-8-4-6-22(20-25)9-11-24-7-2-3-14-30(24)16-17-31;;/h4,6,8,10,12,20-21,24H,2-3,5,7,9,11,13-19,29H2,1H3;2*1H. The Labute approximate surface area is 233 Å². The van der Waals surface area contributed by atoms with Crippen molar-refractivity contribution in [1.29, 1.82) is 0 Å². The fourth-order valence-corrected chi connectivity index (χ4v) is 5.09. The van der Waals surface area contributed by atoms with Gasteiger partial charge in [0, 0.05) is 37.8 Å². The van der Waals surface area contributed by atoms with Gasteiger partial charge in [-0.15, -0.1) is 24.8 Å². The lowest BCUT2D eigenvalue weighted by Crippen LogP contribution is -2.45. The van der Waals surface area contributed by atoms with Crippen molar-refractivity contribution < 1.29 is 19.0 Å². The molecule has 0 radical (unpaired) electrons. The van der Waals surface area contributed by atoms with Gasteiger partial charge in [-0.1, -0.05) is 18.6 Å². The summed E-state index contributed by atoms with van der Waals surface area (Å²) >= 11 is 0. The van der Waals surface area contributed by atoms with Crippen molar-refractivity contribution in [2.24, 2.45) is 5.73 Å². The zero-order valence-electron chi connectivity index (χ0n) is 21.7. The molecule has 2 bridgehead atoms. The zero-order chi connectivity index (χ0) is 24.5. The molecule has 0 saturated carbocycles. The topological polar surface area (TPSA) is 77.3 Å². The van der Waals surface area contributed by atoms with E-state index in [-0.39, 0.29) is 30.7 Å². The second-order valence-electron chi connectivity index (χ2n) is 9.37. The Balaban J connectivity index is 0.00000241. The largest absolute Gasteiger partial charge is 0.494 e. The third kappa shape index (κ3) is 8.67. The van der Waals surface area contributed by atoms with Gasteiger partial charge in [0.1, 0.15) is 12.4 Å². The lowest BCUT2D eigenvalue weighted by Gasteiger charge is -2.37. The van der Waals surface area contributed by atoms with Gasteiger partial charge in [0.15, 0.2) is 11.5 Å². The summed E-state index contributed by atoms with van der Waals surface area (Å²) in [6.45, 7) is 4.68. The van der Waals surface area contributed by atoms with Gasteiger partial charge in [-0.25, -0.2) is 0 Å². The molecule has 1 amide bonds. The molecular weight excluding hydrogens is 513 g/mol. The fourth-order valence-electron chi connectivity index (χ4n) is 5.09. The summed E-state index contributed by atoms with van der Waals surface area (Å²) in [5.74, 6) is 2.07. The van der Waals surface area contributed by atoms with Gasteiger partial charge < -0.3 is 24.8 Å². The van der Waals surface area contributed by atoms with Crippen LogP contribution in [-0.4, -0.2) is 74.8 Å². The Morgan fingerprint density at radius 3 is 2.68 bits per heavy atom. The van der Waals surface area contributed by atoms with Crippen molar-refractivity contribution in [3.63, 3.8) is 0 Å². The summed E-state index contributed by atoms with van der Waals surface area (Å²) in [5, 5.41) is 0. The minimum absolute atomic E-state index is 0. The van der Waals surface area contributed by atoms with Gasteiger partial charge in [0.05, 0.1) is 13.7 Å². The van der Waals surface area contributed by atoms with Crippen LogP contribution in [-0.2, 0) is 6.42 Å². The second-order valence-corrected chi connectivity index (χ2v) is 9.37. The summed E-state index contributed by atoms with van der Waals surface area (Å²) < 4.78 is 17.2. The first-order valence-electron chi connectivity index (χ1n) is 12.9. The number of ether oxygens (including phenoxy) is 3. The van der Waals surface area contributed by atoms with E-state index in [1.165, 1.54) is 24.8 Å². The number of fused-ring (bicyclic) bond motifs is 3. The number of hydrogen-bond acceptors (Lipinski definition) is 6. The SMILES string of the molecule is COc1ccc(C(=O)N2CCCOc3cccc(c3)CCC3CCCCN3CC2)cc1OCCN.Cl.Cl. The summed E-state index contributed by atoms with van der Waals surface area (Å²) in [6, 6.07) is 14.4. The van der Waals surface area contributed by atoms with Gasteiger partial charge in [-0.2, -0.15) is 0 Å². The highest BCUT2D eigenvalue weighted by atomic mass is 35.5. The number of carbonyl (C=O) groups excluding carboxylic acids is 1. The highest BCUT2D eigenvalue weighted by Crippen LogP contribution is 2.29. The summed E-state index contributed by atoms with van der Waals surface area (Å²) in [5.41, 5.74) is 7.54. The predicted molar refractivity (Wildman–Crippen MR) is 152 cm³/mol. The molecule has 7 nitrogen and oxygen atoms in total. The van der Waals surface area contributed by atoms with Gasteiger partial charge in [-0.3, -0.25) is 9.69 Å². The molecule has 2 N–H and O–H groups in total. The summed E-state index contributed by atoms with van der Waals surface area (Å²) in [4.78, 5) is 18.2. The first-order chi connectivity index (χ1) is 17.2. The average molecular weight is 555 g/mol. The number of nitrogens with two attached hydrogens (primary N) is 1. The number of hydrogen-bond donors (Lipinski definition) is 1. The van der Waals surface area contributed by atoms with Crippen molar-refractivity contribution in [2.45, 2.75) is 44.6 Å². The number of halogens is 2. The molecular formula is C28H41Cl2N3O4. The molecule has 206 valence electrons. The molecule has 2 aromatic rings. The molecule has 2 aliphatic rings. The number of nitrogens with zero attached hydrogens (tertiary/aromatic N) is 2. The maximum atomic E-state index is 13.6. The molecule has 0 aliphatic carbocycles. The van der Waals surface area contributed by atoms with Crippen molar-refractivity contribution in [1.82, 2.24) is 9.80 Å². The van der Waals surface area contributed by atoms with Gasteiger partial charge in [-0.05, 0) is 74.5 Å². The van der Waals surface area contributed by atoms with Gasteiger partial charge >= 0.3 is 0 Å². The monoisotopic (exact) mass is 553 g/mol. The van der Waals surface area contributed by atoms with Gasteiger partial charge in [0.2, 0.25) is 0 Å². The molecule has 2 aliphatic heterocycles. The minimum Gasteiger partial charge on any atom is -0.494 e. The average Bonchev–Trinajstić information content (AvgIpc) is 2.90. The molecule has 0 aromatic heterocycles. The van der Waals surface area contributed by atoms with Crippen molar-refractivity contribution in [2.75, 3.05) is 53.0 Å². The number of methoxy groups -OCH3 is 1. The van der Waals surface area contributed by atoms with Crippen LogP contribution in [0.3, 0.4) is 0 Å². The number of piperidine rings is 1. The molecule has 1 atom stereocenters. The molecule has 1 unspecified atom stereocenters. The maximum absolute atomic E-state index is 13.6. The van der Waals surface area contributed by atoms with Gasteiger partial charge in [0.25, 0.3) is 5.91 Å². The summed E-state index contributed by atoms with van der Waals surface area (Å²) in [6.07, 6.45) is 6.70. The van der Waals surface area contributed by atoms with Crippen molar-refractivity contribution in [3.8, 4) is 17.2 Å². The second kappa shape index (κ2) is 15.9. The van der Waals surface area contributed by atoms with E-state index in [9.17, 15) is 4.79 Å². The van der Waals surface area contributed by atoms with Crippen molar-refractivity contribution >= 4 is 30.7 Å². The number of amides is 1. The van der Waals surface area contributed by atoms with Crippen LogP contribution in [0.25, 0.3) is 0 Å². The van der Waals surface area contributed by atoms with Crippen LogP contribution in [0.2, 0.25) is 0 Å². The van der Waals surface area contributed by atoms with E-state index < -0.39 is 0 Å². The molecule has 2 heterocycles. The Morgan fingerprint density at radius 2 is 1.86 bits per heavy atom. The highest BCUT2D eigenvalue weighted by molar-refractivity contribution is 5.95. The van der Waals surface area contributed by atoms with E-state index in [1.54, 1.807) is 19.2 Å². The van der Waals surface area contributed by atoms with Crippen LogP contribution in [0.1, 0.15) is 48.0 Å². The van der Waals surface area contributed by atoms with E-state index >= 15 is 0 Å². The third-order valence-corrected chi connectivity index (χ3v) is 6.99. The molecule has 2 aromatic carbocycles. The Kier molecular flexibility index (Phi) is 13.4. The first kappa shape index (κ1) is 31.0. The minimum atomic E-state index is 0. The van der Waals surface area contributed by atoms with Crippen molar-refractivity contribution in [3.05, 3.63) is 53.6 Å². The molecule has 9 heteroatoms. The molecule has 4 rings (SSSR count). The van der Waals surface area contributed by atoms with E-state index in [0.29, 0.717) is 56.0 Å². The molecule has 1 fully saturated rings. The van der Waals surface area contributed by atoms with Crippen LogP contribution in [0.5, 0.6) is 17.2 Å². The summed E-state index contributed by atoms with van der Waals surface area (Å²) in [7, 11) is 1.60. The Hall–Kier alpha value is -2.19. The molecule has 0 spiro atoms. The Morgan fingerprint density at radius 1 is 1.00 bits per heavy atom. The van der Waals surface area contributed by atoms with Crippen LogP contribution >= 0.6 is 24.8 Å². The smallest absolute Gasteiger partial charge is 0.254 e. The molecule has 1 saturated heterocycles. The highest BCUT2D eigenvalue weighted by Gasteiger charge is 2.25. The third-order valence-electron chi connectivity index (χ3n) is 6.99. The first-order valence-corrected chi connectivity index (χ1v) is 12.9. The predicted octanol–water partition coefficient (Wildman–Crippen LogP) is 4.59. The quantitative estimate of drug-likeness (QED) is 0.583. The van der Waals surface area contributed by atoms with E-state index in [0.717, 1.165) is 38.1 Å². The lowest BCUT2D eigenvalue weighted by molar-refractivity contribution is 0.0682. The van der Waals surface area contributed by atoms with E-state index in [4.69, 9.17) is 19.9 Å². The normalized spacial score (nSPS) is 18.6. The maximum Gasteiger partial charge on any atom is 0.254 e. The van der Waals surface area contributed by atoms with Crippen LogP contribution < -0.4 is 19.9 Å². The number of rotatable bonds is 5. The Bertz CT molecular complexity index is 978. The number of benzene rings is 2. The van der Waals surface area contributed by atoms with Crippen LogP contribution in [0.15, 0.2) is 42.5 Å². The van der Waals surface area contributed by atoms with E-state index in [1.807, 2.05) is 17.0 Å². The number of carbonyl (C=O) groups is 1. The fraction of sp³-hybridized carbons (Fsp3) is 0.536. The zero-order valence-corrected chi connectivity index (χ0v) is 23.4. The van der Waals surface area contributed by atoms with Crippen LogP contribution in [0, 0.1) is 0 Å². The van der Waals surface area contributed by atoms with Crippen LogP contribution in [0.4, 0.5) is 0 Å².